The summed E-state index contributed by atoms with van der Waals surface area (Å²) in [7, 11) is 1.91. The molecule has 7 nitrogen and oxygen atoms in total. The van der Waals surface area contributed by atoms with Crippen LogP contribution >= 0.6 is 23.5 Å². The van der Waals surface area contributed by atoms with E-state index in [1.165, 1.54) is 4.90 Å². The highest BCUT2D eigenvalue weighted by Crippen LogP contribution is 2.44. The van der Waals surface area contributed by atoms with Crippen molar-refractivity contribution in [2.75, 3.05) is 5.32 Å². The van der Waals surface area contributed by atoms with Gasteiger partial charge in [-0.1, -0.05) is 53.9 Å². The number of aryl methyl sites for hydroxylation is 1. The minimum Gasteiger partial charge on any atom is -0.354 e. The van der Waals surface area contributed by atoms with E-state index in [2.05, 4.69) is 50.3 Å². The fraction of sp³-hybridized carbons (Fsp3) is 0.120. The van der Waals surface area contributed by atoms with Crippen molar-refractivity contribution in [1.82, 2.24) is 20.2 Å². The Kier molecular flexibility index (Phi) is 6.37. The Hall–Kier alpha value is -3.56. The second-order valence-electron chi connectivity index (χ2n) is 7.78. The molecule has 34 heavy (non-hydrogen) atoms. The topological polar surface area (TPSA) is 84.2 Å². The molecule has 0 atom stereocenters. The number of hydrogen-bond acceptors (Lipinski definition) is 7. The van der Waals surface area contributed by atoms with Crippen LogP contribution in [0.1, 0.15) is 28.4 Å². The van der Waals surface area contributed by atoms with Gasteiger partial charge in [-0.25, -0.2) is 5.43 Å². The summed E-state index contributed by atoms with van der Waals surface area (Å²) in [5.41, 5.74) is 8.15. The number of nitrogens with one attached hydrogen (secondary N) is 2. The molecule has 1 aliphatic rings. The van der Waals surface area contributed by atoms with Gasteiger partial charge in [0.1, 0.15) is 6.33 Å². The van der Waals surface area contributed by atoms with Gasteiger partial charge in [0.25, 0.3) is 5.91 Å². The normalized spacial score (nSPS) is 12.5. The second kappa shape index (κ2) is 9.74. The highest BCUT2D eigenvalue weighted by atomic mass is 32.2. The number of anilines is 2. The quantitative estimate of drug-likeness (QED) is 0.188. The maximum Gasteiger partial charge on any atom is 0.271 e. The summed E-state index contributed by atoms with van der Waals surface area (Å²) >= 11 is 3.34. The number of hydrazone groups is 1. The van der Waals surface area contributed by atoms with E-state index in [1.54, 1.807) is 29.9 Å². The summed E-state index contributed by atoms with van der Waals surface area (Å²) < 4.78 is 1.88. The SMILES string of the molecule is C/C(=N/NC(=O)c1ccc(CSc2nncn2C)cc1)c1ccc2c(c1)Nc1ccccc1S2. The number of amides is 1. The number of aromatic nitrogens is 3. The molecule has 0 unspecified atom stereocenters. The molecule has 1 amide bonds. The Balaban J connectivity index is 1.21. The number of para-hydroxylation sites is 1. The van der Waals surface area contributed by atoms with Crippen molar-refractivity contribution in [1.29, 1.82) is 0 Å². The second-order valence-corrected chi connectivity index (χ2v) is 9.81. The van der Waals surface area contributed by atoms with E-state index in [9.17, 15) is 4.79 Å². The van der Waals surface area contributed by atoms with Crippen LogP contribution in [0, 0.1) is 0 Å². The number of benzene rings is 3. The summed E-state index contributed by atoms with van der Waals surface area (Å²) in [6.07, 6.45) is 1.68. The summed E-state index contributed by atoms with van der Waals surface area (Å²) in [6, 6.07) is 21.9. The van der Waals surface area contributed by atoms with Crippen molar-refractivity contribution in [2.24, 2.45) is 12.1 Å². The lowest BCUT2D eigenvalue weighted by Gasteiger charge is -2.21. The molecule has 0 aliphatic carbocycles. The minimum absolute atomic E-state index is 0.243. The van der Waals surface area contributed by atoms with Crippen molar-refractivity contribution in [2.45, 2.75) is 27.6 Å². The molecular formula is C25H22N6OS2. The highest BCUT2D eigenvalue weighted by Gasteiger charge is 2.16. The third-order valence-electron chi connectivity index (χ3n) is 5.35. The van der Waals surface area contributed by atoms with Gasteiger partial charge in [-0.3, -0.25) is 4.79 Å². The van der Waals surface area contributed by atoms with Crippen LogP contribution in [-0.2, 0) is 12.8 Å². The van der Waals surface area contributed by atoms with Crippen LogP contribution in [0.15, 0.2) is 93.1 Å². The van der Waals surface area contributed by atoms with E-state index in [0.29, 0.717) is 5.56 Å². The molecule has 0 radical (unpaired) electrons. The third kappa shape index (κ3) is 4.85. The number of fused-ring (bicyclic) bond motifs is 2. The summed E-state index contributed by atoms with van der Waals surface area (Å²) in [5, 5.41) is 16.6. The van der Waals surface area contributed by atoms with E-state index in [4.69, 9.17) is 0 Å². The summed E-state index contributed by atoms with van der Waals surface area (Å²) in [6.45, 7) is 1.89. The van der Waals surface area contributed by atoms with Gasteiger partial charge in [-0.05, 0) is 54.4 Å². The van der Waals surface area contributed by atoms with E-state index < -0.39 is 0 Å². The predicted molar refractivity (Wildman–Crippen MR) is 137 cm³/mol. The van der Waals surface area contributed by atoms with E-state index in [0.717, 1.165) is 44.0 Å². The lowest BCUT2D eigenvalue weighted by molar-refractivity contribution is 0.0955. The first kappa shape index (κ1) is 22.2. The van der Waals surface area contributed by atoms with Gasteiger partial charge in [-0.15, -0.1) is 10.2 Å². The maximum absolute atomic E-state index is 12.6. The fourth-order valence-electron chi connectivity index (χ4n) is 3.43. The molecule has 0 spiro atoms. The zero-order valence-electron chi connectivity index (χ0n) is 18.6. The van der Waals surface area contributed by atoms with Gasteiger partial charge >= 0.3 is 0 Å². The smallest absolute Gasteiger partial charge is 0.271 e. The summed E-state index contributed by atoms with van der Waals surface area (Å²) in [4.78, 5) is 15.0. The van der Waals surface area contributed by atoms with Gasteiger partial charge < -0.3 is 9.88 Å². The average Bonchev–Trinajstić information content (AvgIpc) is 3.29. The number of nitrogens with zero attached hydrogens (tertiary/aromatic N) is 4. The average molecular weight is 487 g/mol. The van der Waals surface area contributed by atoms with Gasteiger partial charge in [0.15, 0.2) is 5.16 Å². The standard InChI is InChI=1S/C25H22N6OS2/c1-16(19-11-12-23-21(13-19)27-20-5-3-4-6-22(20)34-23)28-29-24(32)18-9-7-17(8-10-18)14-33-25-30-26-15-31(25)2/h3-13,15,27H,14H2,1-2H3,(H,29,32)/b28-16-. The molecule has 5 rings (SSSR count). The molecule has 2 N–H and O–H groups in total. The molecular weight excluding hydrogens is 464 g/mol. The monoisotopic (exact) mass is 486 g/mol. The first-order chi connectivity index (χ1) is 16.6. The Bertz CT molecular complexity index is 1380. The van der Waals surface area contributed by atoms with Crippen LogP contribution in [-0.4, -0.2) is 26.4 Å². The van der Waals surface area contributed by atoms with Gasteiger partial charge in [0.2, 0.25) is 0 Å². The van der Waals surface area contributed by atoms with Crippen molar-refractivity contribution in [3.63, 3.8) is 0 Å². The lowest BCUT2D eigenvalue weighted by Crippen LogP contribution is -2.19. The number of thioether (sulfide) groups is 1. The Morgan fingerprint density at radius 2 is 1.82 bits per heavy atom. The Morgan fingerprint density at radius 1 is 1.06 bits per heavy atom. The van der Waals surface area contributed by atoms with Crippen molar-refractivity contribution < 1.29 is 4.79 Å². The van der Waals surface area contributed by atoms with Gasteiger partial charge in [0.05, 0.1) is 17.1 Å². The van der Waals surface area contributed by atoms with Crippen LogP contribution in [0.2, 0.25) is 0 Å². The minimum atomic E-state index is -0.243. The van der Waals surface area contributed by atoms with Crippen LogP contribution < -0.4 is 10.7 Å². The maximum atomic E-state index is 12.6. The molecule has 9 heteroatoms. The van der Waals surface area contributed by atoms with Gasteiger partial charge in [0, 0.05) is 28.2 Å². The van der Waals surface area contributed by atoms with E-state index in [1.807, 2.05) is 61.0 Å². The van der Waals surface area contributed by atoms with Crippen LogP contribution in [0.5, 0.6) is 0 Å². The van der Waals surface area contributed by atoms with Crippen molar-refractivity contribution in [3.8, 4) is 0 Å². The van der Waals surface area contributed by atoms with Crippen LogP contribution in [0.3, 0.4) is 0 Å². The molecule has 0 bridgehead atoms. The zero-order chi connectivity index (χ0) is 23.5. The first-order valence-electron chi connectivity index (χ1n) is 10.7. The highest BCUT2D eigenvalue weighted by molar-refractivity contribution is 7.99. The van der Waals surface area contributed by atoms with E-state index in [-0.39, 0.29) is 5.91 Å². The van der Waals surface area contributed by atoms with Crippen molar-refractivity contribution in [3.05, 3.63) is 89.7 Å². The fourth-order valence-corrected chi connectivity index (χ4v) is 5.24. The molecule has 1 aromatic heterocycles. The van der Waals surface area contributed by atoms with Crippen molar-refractivity contribution >= 4 is 46.5 Å². The zero-order valence-corrected chi connectivity index (χ0v) is 20.3. The lowest BCUT2D eigenvalue weighted by atomic mass is 10.1. The molecule has 1 aliphatic heterocycles. The Morgan fingerprint density at radius 3 is 2.62 bits per heavy atom. The molecule has 0 saturated carbocycles. The Labute approximate surface area is 206 Å². The number of hydrogen-bond donors (Lipinski definition) is 2. The third-order valence-corrected chi connectivity index (χ3v) is 7.61. The van der Waals surface area contributed by atoms with E-state index >= 15 is 0 Å². The molecule has 4 aromatic rings. The molecule has 0 saturated heterocycles. The first-order valence-corrected chi connectivity index (χ1v) is 12.5. The summed E-state index contributed by atoms with van der Waals surface area (Å²) in [5.74, 6) is 0.508. The predicted octanol–water partition coefficient (Wildman–Crippen LogP) is 5.47. The molecule has 3 aromatic carbocycles. The van der Waals surface area contributed by atoms with Crippen LogP contribution in [0.25, 0.3) is 0 Å². The largest absolute Gasteiger partial charge is 0.354 e. The molecule has 170 valence electrons. The number of carbonyl (C=O) groups excluding carboxylic acids is 1. The molecule has 0 fully saturated rings. The number of carbonyl (C=O) groups is 1. The molecule has 2 heterocycles. The number of rotatable bonds is 6. The van der Waals surface area contributed by atoms with Gasteiger partial charge in [-0.2, -0.15) is 5.10 Å². The van der Waals surface area contributed by atoms with Crippen LogP contribution in [0.4, 0.5) is 11.4 Å².